The summed E-state index contributed by atoms with van der Waals surface area (Å²) in [7, 11) is 0. The Bertz CT molecular complexity index is 570. The minimum absolute atomic E-state index is 0.166. The van der Waals surface area contributed by atoms with Crippen molar-refractivity contribution >= 4 is 17.4 Å². The van der Waals surface area contributed by atoms with Gasteiger partial charge in [-0.25, -0.2) is 0 Å². The maximum absolute atomic E-state index is 12.5. The molecule has 0 atom stereocenters. The van der Waals surface area contributed by atoms with Gasteiger partial charge in [-0.1, -0.05) is 0 Å². The molecule has 0 saturated carbocycles. The topological polar surface area (TPSA) is 38.9 Å². The number of halogens is 3. The van der Waals surface area contributed by atoms with Crippen LogP contribution in [0.25, 0.3) is 0 Å². The lowest BCUT2D eigenvalue weighted by Crippen LogP contribution is -2.05. The molecular weight excluding hydrogens is 285 g/mol. The average Bonchev–Trinajstić information content (AvgIpc) is 2.40. The number of rotatable bonds is 4. The van der Waals surface area contributed by atoms with Gasteiger partial charge >= 0.3 is 6.18 Å². The molecular formula is C14H13F3N2S. The lowest BCUT2D eigenvalue weighted by Gasteiger charge is -2.10. The second kappa shape index (κ2) is 6.17. The number of nitrogens with zero attached hydrogens (tertiary/aromatic N) is 1. The molecule has 106 valence electrons. The molecule has 0 unspecified atom stereocenters. The third-order valence-corrected chi connectivity index (χ3v) is 3.83. The van der Waals surface area contributed by atoms with Crippen LogP contribution in [0.15, 0.2) is 47.6 Å². The van der Waals surface area contributed by atoms with Gasteiger partial charge in [0.15, 0.2) is 0 Å². The number of nitrogen functional groups attached to an aromatic ring is 1. The van der Waals surface area contributed by atoms with Gasteiger partial charge in [0.25, 0.3) is 0 Å². The molecule has 0 saturated heterocycles. The summed E-state index contributed by atoms with van der Waals surface area (Å²) in [5.41, 5.74) is 6.26. The minimum Gasteiger partial charge on any atom is -0.398 e. The van der Waals surface area contributed by atoms with Gasteiger partial charge in [0.05, 0.1) is 5.56 Å². The molecule has 0 spiro atoms. The Morgan fingerprint density at radius 2 is 1.80 bits per heavy atom. The van der Waals surface area contributed by atoms with Gasteiger partial charge in [-0.2, -0.15) is 13.2 Å². The summed E-state index contributed by atoms with van der Waals surface area (Å²) >= 11 is 1.45. The normalized spacial score (nSPS) is 11.6. The van der Waals surface area contributed by atoms with Gasteiger partial charge in [0, 0.05) is 28.7 Å². The van der Waals surface area contributed by atoms with Crippen molar-refractivity contribution in [3.05, 3.63) is 53.9 Å². The first-order valence-corrected chi connectivity index (χ1v) is 6.94. The van der Waals surface area contributed by atoms with Gasteiger partial charge in [0.2, 0.25) is 0 Å². The van der Waals surface area contributed by atoms with E-state index < -0.39 is 11.7 Å². The van der Waals surface area contributed by atoms with Crippen LogP contribution < -0.4 is 5.73 Å². The lowest BCUT2D eigenvalue weighted by molar-refractivity contribution is -0.137. The monoisotopic (exact) mass is 298 g/mol. The van der Waals surface area contributed by atoms with Crippen molar-refractivity contribution in [3.8, 4) is 0 Å². The van der Waals surface area contributed by atoms with E-state index in [1.807, 2.05) is 12.1 Å². The number of thioether (sulfide) groups is 1. The molecule has 2 rings (SSSR count). The molecule has 20 heavy (non-hydrogen) atoms. The third-order valence-electron chi connectivity index (χ3n) is 2.73. The largest absolute Gasteiger partial charge is 0.416 e. The molecule has 0 fully saturated rings. The quantitative estimate of drug-likeness (QED) is 0.684. The van der Waals surface area contributed by atoms with Gasteiger partial charge in [-0.3, -0.25) is 4.98 Å². The highest BCUT2D eigenvalue weighted by Crippen LogP contribution is 2.34. The van der Waals surface area contributed by atoms with Crippen LogP contribution >= 0.6 is 11.8 Å². The standard InChI is InChI=1S/C14H13F3N2S/c15-14(16,17)11-1-2-13(12(18)9-11)20-8-5-10-3-6-19-7-4-10/h1-4,6-7,9H,5,8,18H2. The summed E-state index contributed by atoms with van der Waals surface area (Å²) in [5, 5.41) is 0. The average molecular weight is 298 g/mol. The molecule has 2 nitrogen and oxygen atoms in total. The summed E-state index contributed by atoms with van der Waals surface area (Å²) in [6, 6.07) is 7.29. The molecule has 0 aliphatic carbocycles. The zero-order valence-corrected chi connectivity index (χ0v) is 11.3. The number of anilines is 1. The van der Waals surface area contributed by atoms with Crippen molar-refractivity contribution in [1.82, 2.24) is 4.98 Å². The number of nitrogens with two attached hydrogens (primary N) is 1. The number of hydrogen-bond donors (Lipinski definition) is 1. The summed E-state index contributed by atoms with van der Waals surface area (Å²) in [6.07, 6.45) is -0.110. The van der Waals surface area contributed by atoms with Crippen molar-refractivity contribution < 1.29 is 13.2 Å². The fourth-order valence-electron chi connectivity index (χ4n) is 1.68. The maximum atomic E-state index is 12.5. The van der Waals surface area contributed by atoms with Crippen molar-refractivity contribution in [2.75, 3.05) is 11.5 Å². The van der Waals surface area contributed by atoms with Crippen molar-refractivity contribution in [2.45, 2.75) is 17.5 Å². The molecule has 2 N–H and O–H groups in total. The molecule has 0 amide bonds. The van der Waals surface area contributed by atoms with Crippen LogP contribution in [-0.4, -0.2) is 10.7 Å². The number of aryl methyl sites for hydroxylation is 1. The van der Waals surface area contributed by atoms with Crippen LogP contribution in [0, 0.1) is 0 Å². The summed E-state index contributed by atoms with van der Waals surface area (Å²) in [5.74, 6) is 0.750. The van der Waals surface area contributed by atoms with Crippen LogP contribution in [-0.2, 0) is 12.6 Å². The van der Waals surface area contributed by atoms with Crippen LogP contribution in [0.2, 0.25) is 0 Å². The van der Waals surface area contributed by atoms with Crippen LogP contribution in [0.4, 0.5) is 18.9 Å². The molecule has 0 aliphatic rings. The Morgan fingerprint density at radius 1 is 1.10 bits per heavy atom. The minimum atomic E-state index is -4.35. The van der Waals surface area contributed by atoms with E-state index in [4.69, 9.17) is 5.73 Å². The highest BCUT2D eigenvalue weighted by molar-refractivity contribution is 7.99. The Labute approximate surface area is 119 Å². The smallest absolute Gasteiger partial charge is 0.398 e. The van der Waals surface area contributed by atoms with E-state index in [2.05, 4.69) is 4.98 Å². The number of alkyl halides is 3. The first-order valence-electron chi connectivity index (χ1n) is 5.95. The molecule has 1 heterocycles. The highest BCUT2D eigenvalue weighted by atomic mass is 32.2. The summed E-state index contributed by atoms with van der Waals surface area (Å²) < 4.78 is 37.5. The highest BCUT2D eigenvalue weighted by Gasteiger charge is 2.30. The fourth-order valence-corrected chi connectivity index (χ4v) is 2.63. The molecule has 1 aromatic carbocycles. The zero-order valence-electron chi connectivity index (χ0n) is 10.5. The van der Waals surface area contributed by atoms with Gasteiger partial charge in [-0.15, -0.1) is 11.8 Å². The maximum Gasteiger partial charge on any atom is 0.416 e. The number of aromatic nitrogens is 1. The molecule has 6 heteroatoms. The molecule has 0 radical (unpaired) electrons. The first-order chi connectivity index (χ1) is 9.47. The Balaban J connectivity index is 1.97. The molecule has 0 aliphatic heterocycles. The number of hydrogen-bond acceptors (Lipinski definition) is 3. The van der Waals surface area contributed by atoms with Gasteiger partial charge < -0.3 is 5.73 Å². The van der Waals surface area contributed by atoms with E-state index in [0.29, 0.717) is 4.90 Å². The van der Waals surface area contributed by atoms with Crippen LogP contribution in [0.1, 0.15) is 11.1 Å². The van der Waals surface area contributed by atoms with E-state index in [9.17, 15) is 13.2 Å². The number of benzene rings is 1. The van der Waals surface area contributed by atoms with Crippen molar-refractivity contribution in [3.63, 3.8) is 0 Å². The van der Waals surface area contributed by atoms with Gasteiger partial charge in [0.1, 0.15) is 0 Å². The van der Waals surface area contributed by atoms with E-state index in [0.717, 1.165) is 29.9 Å². The predicted octanol–water partition coefficient (Wildman–Crippen LogP) is 4.02. The van der Waals surface area contributed by atoms with Gasteiger partial charge in [-0.05, 0) is 42.3 Å². The van der Waals surface area contributed by atoms with Crippen LogP contribution in [0.5, 0.6) is 0 Å². The Morgan fingerprint density at radius 3 is 2.40 bits per heavy atom. The molecule has 1 aromatic heterocycles. The van der Waals surface area contributed by atoms with Crippen molar-refractivity contribution in [1.29, 1.82) is 0 Å². The second-order valence-electron chi connectivity index (χ2n) is 4.20. The molecule has 0 bridgehead atoms. The van der Waals surface area contributed by atoms with E-state index in [1.54, 1.807) is 12.4 Å². The second-order valence-corrected chi connectivity index (χ2v) is 5.34. The Kier molecular flexibility index (Phi) is 4.54. The lowest BCUT2D eigenvalue weighted by atomic mass is 10.2. The third kappa shape index (κ3) is 3.90. The van der Waals surface area contributed by atoms with E-state index >= 15 is 0 Å². The van der Waals surface area contributed by atoms with Crippen molar-refractivity contribution in [2.24, 2.45) is 0 Å². The number of pyridine rings is 1. The zero-order chi connectivity index (χ0) is 14.6. The fraction of sp³-hybridized carbons (Fsp3) is 0.214. The predicted molar refractivity (Wildman–Crippen MR) is 74.5 cm³/mol. The summed E-state index contributed by atoms with van der Waals surface area (Å²) in [6.45, 7) is 0. The Hall–Kier alpha value is -1.69. The van der Waals surface area contributed by atoms with E-state index in [-0.39, 0.29) is 5.69 Å². The SMILES string of the molecule is Nc1cc(C(F)(F)F)ccc1SCCc1ccncc1. The summed E-state index contributed by atoms with van der Waals surface area (Å²) in [4.78, 5) is 4.60. The van der Waals surface area contributed by atoms with E-state index in [1.165, 1.54) is 17.8 Å². The van der Waals surface area contributed by atoms with Crippen LogP contribution in [0.3, 0.4) is 0 Å². The molecule has 2 aromatic rings. The first kappa shape index (κ1) is 14.7.